The molecule has 1 heterocycles. The zero-order valence-electron chi connectivity index (χ0n) is 32.5. The van der Waals surface area contributed by atoms with Gasteiger partial charge in [0.05, 0.1) is 29.6 Å². The average molecular weight is 869 g/mol. The van der Waals surface area contributed by atoms with Crippen LogP contribution in [0.1, 0.15) is 83.5 Å². The average Bonchev–Trinajstić information content (AvgIpc) is 3.66. The van der Waals surface area contributed by atoms with Crippen molar-refractivity contribution < 1.29 is 58.3 Å². The number of hydrogen-bond donors (Lipinski definition) is 6. The van der Waals surface area contributed by atoms with Crippen molar-refractivity contribution in [2.75, 3.05) is 18.5 Å². The van der Waals surface area contributed by atoms with E-state index in [1.807, 2.05) is 25.1 Å². The number of nitrogens with one attached hydrogen (secondary N) is 3. The predicted molar refractivity (Wildman–Crippen MR) is 207 cm³/mol. The first-order valence-corrected chi connectivity index (χ1v) is 21.2. The molecule has 1 aliphatic heterocycles. The van der Waals surface area contributed by atoms with Crippen LogP contribution in [-0.4, -0.2) is 104 Å². The van der Waals surface area contributed by atoms with Gasteiger partial charge in [0.25, 0.3) is 0 Å². The van der Waals surface area contributed by atoms with Gasteiger partial charge < -0.3 is 45.5 Å². The Hall–Kier alpha value is -3.96. The Labute approximate surface area is 343 Å². The lowest BCUT2D eigenvalue weighted by Gasteiger charge is -2.69. The zero-order chi connectivity index (χ0) is 41.4. The van der Waals surface area contributed by atoms with Gasteiger partial charge in [0.2, 0.25) is 17.7 Å². The van der Waals surface area contributed by atoms with Gasteiger partial charge in [-0.1, -0.05) is 53.6 Å². The van der Waals surface area contributed by atoms with Crippen LogP contribution in [0.4, 0.5) is 0 Å². The number of halogens is 1. The van der Waals surface area contributed by atoms with Gasteiger partial charge in [0, 0.05) is 48.0 Å². The minimum Gasteiger partial charge on any atom is -0.487 e. The summed E-state index contributed by atoms with van der Waals surface area (Å²) in [6.45, 7) is 3.02. The topological polar surface area (TPSA) is 227 Å². The molecule has 10 atom stereocenters. The summed E-state index contributed by atoms with van der Waals surface area (Å²) in [6.07, 6.45) is 6.40. The lowest BCUT2D eigenvalue weighted by Crippen LogP contribution is -2.81. The molecule has 1 aromatic carbocycles. The van der Waals surface area contributed by atoms with Crippen molar-refractivity contribution in [3.05, 3.63) is 53.6 Å². The number of carboxylic acids is 1. The molecule has 0 radical (unpaired) electrons. The van der Waals surface area contributed by atoms with E-state index in [9.17, 15) is 44.1 Å². The first kappa shape index (κ1) is 40.8. The van der Waals surface area contributed by atoms with Crippen LogP contribution in [0.2, 0.25) is 0 Å². The zero-order valence-corrected chi connectivity index (χ0v) is 34.0. The Morgan fingerprint density at radius 1 is 1.07 bits per heavy atom. The van der Waals surface area contributed by atoms with E-state index in [0.29, 0.717) is 37.0 Å². The molecule has 1 aromatic rings. The maximum absolute atomic E-state index is 13.9. The van der Waals surface area contributed by atoms with Gasteiger partial charge in [0.15, 0.2) is 23.5 Å². The Kier molecular flexibility index (Phi) is 10.3. The Balaban J connectivity index is 0.901. The number of carbonyl (C=O) groups excluding carboxylic acids is 5. The third-order valence-corrected chi connectivity index (χ3v) is 15.0. The molecule has 7 aliphatic carbocycles. The Morgan fingerprint density at radius 2 is 1.79 bits per heavy atom. The van der Waals surface area contributed by atoms with Crippen LogP contribution in [0.25, 0.3) is 0 Å². The van der Waals surface area contributed by atoms with E-state index in [1.165, 1.54) is 0 Å². The van der Waals surface area contributed by atoms with Crippen molar-refractivity contribution in [3.63, 3.8) is 0 Å². The number of aliphatic hydroxyl groups is 2. The summed E-state index contributed by atoms with van der Waals surface area (Å²) in [4.78, 5) is 74.5. The number of aliphatic carboxylic acids is 1. The number of rotatable bonds is 14. The number of ketones is 2. The summed E-state index contributed by atoms with van der Waals surface area (Å²) in [5, 5.41) is 39.3. The molecule has 15 nitrogen and oxygen atoms in total. The number of Topliss-reactive ketones (excluding diaryl/α,β-unsaturated/α-hetero) is 1. The fraction of sp³-hybridized carbons (Fsp3) is 0.619. The summed E-state index contributed by atoms with van der Waals surface area (Å²) in [7, 11) is 0. The molecule has 0 unspecified atom stereocenters. The predicted octanol–water partition coefficient (Wildman–Crippen LogP) is 2.32. The summed E-state index contributed by atoms with van der Waals surface area (Å²) >= 11 is 2.99. The van der Waals surface area contributed by atoms with Crippen molar-refractivity contribution in [3.8, 4) is 5.75 Å². The van der Waals surface area contributed by atoms with Crippen LogP contribution in [0.3, 0.4) is 0 Å². The molecule has 0 spiro atoms. The number of fused-ring (bicyclic) bond motifs is 7. The molecule has 8 aliphatic rings. The molecule has 312 valence electrons. The molecule has 3 amide bonds. The van der Waals surface area contributed by atoms with Crippen LogP contribution in [0.15, 0.2) is 48.1 Å². The van der Waals surface area contributed by atoms with E-state index in [1.54, 1.807) is 24.3 Å². The molecule has 6 N–H and O–H groups in total. The van der Waals surface area contributed by atoms with Crippen LogP contribution in [0, 0.1) is 28.6 Å². The van der Waals surface area contributed by atoms with Gasteiger partial charge in [-0.25, -0.2) is 0 Å². The van der Waals surface area contributed by atoms with Crippen molar-refractivity contribution in [1.29, 1.82) is 0 Å². The number of ether oxygens (including phenoxy) is 3. The number of carboxylic acid groups (broad SMARTS) is 1. The molecule has 16 heteroatoms. The summed E-state index contributed by atoms with van der Waals surface area (Å²) < 4.78 is 19.7. The van der Waals surface area contributed by atoms with Gasteiger partial charge in [0.1, 0.15) is 24.0 Å². The van der Waals surface area contributed by atoms with Crippen molar-refractivity contribution >= 4 is 51.2 Å². The van der Waals surface area contributed by atoms with E-state index in [4.69, 9.17) is 14.2 Å². The van der Waals surface area contributed by atoms with Gasteiger partial charge in [-0.15, -0.1) is 0 Å². The second kappa shape index (κ2) is 14.6. The normalized spacial score (nSPS) is 39.3. The Bertz CT molecular complexity index is 1970. The molecule has 0 aromatic heterocycles. The van der Waals surface area contributed by atoms with Crippen LogP contribution in [-0.2, 0) is 38.2 Å². The van der Waals surface area contributed by atoms with Crippen molar-refractivity contribution in [1.82, 2.24) is 16.0 Å². The SMILES string of the molecule is C[C@]12C=CC(=O)C=C1CC[C@@H]1[C@@H]2[C@@H](O)C[C@@]2(C)[C@H]1C[C@H]1O[C@@H](c3ccc(OC45CC(NC(=O)[C@H](CCC(=O)O)NC(=O)CNC(=O)CBr)(C4)C5)cc3)O[C@]12C(=O)CO. The largest absolute Gasteiger partial charge is 0.487 e. The van der Waals surface area contributed by atoms with E-state index < -0.39 is 88.2 Å². The third kappa shape index (κ3) is 6.53. The van der Waals surface area contributed by atoms with E-state index in [-0.39, 0.29) is 54.7 Å². The number of benzene rings is 1. The van der Waals surface area contributed by atoms with Gasteiger partial charge in [-0.2, -0.15) is 0 Å². The van der Waals surface area contributed by atoms with Gasteiger partial charge in [-0.05, 0) is 68.2 Å². The smallest absolute Gasteiger partial charge is 0.303 e. The van der Waals surface area contributed by atoms with Crippen molar-refractivity contribution in [2.24, 2.45) is 28.6 Å². The fourth-order valence-electron chi connectivity index (χ4n) is 12.1. The fourth-order valence-corrected chi connectivity index (χ4v) is 12.3. The minimum absolute atomic E-state index is 0.00901. The Morgan fingerprint density at radius 3 is 2.47 bits per heavy atom. The van der Waals surface area contributed by atoms with Crippen LogP contribution >= 0.6 is 15.9 Å². The molecule has 58 heavy (non-hydrogen) atoms. The summed E-state index contributed by atoms with van der Waals surface area (Å²) in [5.74, 6) is -2.63. The van der Waals surface area contributed by atoms with Gasteiger partial charge >= 0.3 is 5.97 Å². The maximum Gasteiger partial charge on any atom is 0.303 e. The first-order chi connectivity index (χ1) is 27.5. The molecular formula is C42H50BrN3O12. The molecule has 9 rings (SSSR count). The number of hydrogen-bond acceptors (Lipinski definition) is 11. The molecule has 7 fully saturated rings. The quantitative estimate of drug-likeness (QED) is 0.148. The maximum atomic E-state index is 13.9. The second-order valence-corrected chi connectivity index (χ2v) is 18.5. The van der Waals surface area contributed by atoms with Crippen LogP contribution < -0.4 is 20.7 Å². The van der Waals surface area contributed by atoms with Gasteiger partial charge in [-0.3, -0.25) is 28.8 Å². The second-order valence-electron chi connectivity index (χ2n) is 18.0. The number of aliphatic hydroxyl groups excluding tert-OH is 2. The van der Waals surface area contributed by atoms with E-state index in [0.717, 1.165) is 18.4 Å². The molecular weight excluding hydrogens is 818 g/mol. The summed E-state index contributed by atoms with van der Waals surface area (Å²) in [6, 6.07) is 6.13. The standard InChI is InChI=1S/C42H50BrN3O12/c1-38-12-11-24(48)13-23(38)5-8-26-27-14-31-42(30(50)18-47,39(27,2)15-29(49)35(26)38)58-37(56-31)22-3-6-25(7-4-22)57-41-19-40(20-41,21-41)46-36(55)28(9-10-34(53)54)45-33(52)17-44-32(51)16-43/h3-4,6-7,11-13,26-29,31,35,37,47,49H,5,8-10,14-21H2,1-2H3,(H,44,51)(H,45,52)(H,46,55)(H,53,54)/t26-,27-,28-,29-,31+,35+,37+,38-,39-,40?,41?,42+/m0/s1. The number of carbonyl (C=O) groups is 6. The van der Waals surface area contributed by atoms with Crippen LogP contribution in [0.5, 0.6) is 5.75 Å². The lowest BCUT2D eigenvalue weighted by molar-refractivity contribution is -0.204. The summed E-state index contributed by atoms with van der Waals surface area (Å²) in [5.41, 5.74) is -2.07. The monoisotopic (exact) mass is 867 g/mol. The number of alkyl halides is 1. The highest BCUT2D eigenvalue weighted by Gasteiger charge is 2.76. The molecule has 6 saturated carbocycles. The third-order valence-electron chi connectivity index (χ3n) is 14.5. The molecule has 1 saturated heterocycles. The lowest BCUT2D eigenvalue weighted by atomic mass is 9.46. The van der Waals surface area contributed by atoms with E-state index >= 15 is 0 Å². The molecule has 2 bridgehead atoms. The highest BCUT2D eigenvalue weighted by atomic mass is 79.9. The number of allylic oxidation sites excluding steroid dienone is 4. The highest BCUT2D eigenvalue weighted by Crippen LogP contribution is 2.70. The minimum atomic E-state index is -1.46. The van der Waals surface area contributed by atoms with E-state index in [2.05, 4.69) is 38.8 Å². The first-order valence-electron chi connectivity index (χ1n) is 20.0. The number of amides is 3. The highest BCUT2D eigenvalue weighted by molar-refractivity contribution is 9.09. The van der Waals surface area contributed by atoms with Crippen molar-refractivity contribution in [2.45, 2.75) is 113 Å².